The van der Waals surface area contributed by atoms with Crippen LogP contribution in [0, 0.1) is 0 Å². The standard InChI is InChI=1S/C13H18NO6PS/c1-3-18-21(15,19-4-2)13-10-12(14-20-13)22(16,17)11-8-6-5-7-9-11/h5-9,13H,3-4,10H2,1-2H3/t13-/m1/s1. The molecule has 1 aromatic carbocycles. The summed E-state index contributed by atoms with van der Waals surface area (Å²) in [5, 5.41) is 3.41. The van der Waals surface area contributed by atoms with Crippen LogP contribution in [-0.2, 0) is 28.3 Å². The molecule has 0 unspecified atom stereocenters. The van der Waals surface area contributed by atoms with Crippen molar-refractivity contribution in [1.82, 2.24) is 0 Å². The Morgan fingerprint density at radius 2 is 1.82 bits per heavy atom. The third kappa shape index (κ3) is 3.41. The maximum Gasteiger partial charge on any atom is 0.374 e. The van der Waals surface area contributed by atoms with Crippen LogP contribution < -0.4 is 0 Å². The molecule has 0 amide bonds. The van der Waals surface area contributed by atoms with E-state index in [9.17, 15) is 13.0 Å². The summed E-state index contributed by atoms with van der Waals surface area (Å²) < 4.78 is 47.8. The smallest absolute Gasteiger partial charge is 0.374 e. The Morgan fingerprint density at radius 1 is 1.23 bits per heavy atom. The first-order valence-electron chi connectivity index (χ1n) is 6.85. The van der Waals surface area contributed by atoms with Crippen molar-refractivity contribution >= 4 is 22.5 Å². The molecule has 122 valence electrons. The van der Waals surface area contributed by atoms with Crippen LogP contribution in [0.3, 0.4) is 0 Å². The van der Waals surface area contributed by atoms with Gasteiger partial charge in [0.2, 0.25) is 15.7 Å². The van der Waals surface area contributed by atoms with Gasteiger partial charge in [-0.1, -0.05) is 23.4 Å². The molecule has 1 aliphatic rings. The van der Waals surface area contributed by atoms with Crippen molar-refractivity contribution in [3.05, 3.63) is 30.3 Å². The van der Waals surface area contributed by atoms with Gasteiger partial charge in [-0.3, -0.25) is 4.57 Å². The molecule has 1 atom stereocenters. The van der Waals surface area contributed by atoms with Crippen molar-refractivity contribution in [3.63, 3.8) is 0 Å². The predicted molar refractivity (Wildman–Crippen MR) is 81.4 cm³/mol. The van der Waals surface area contributed by atoms with Gasteiger partial charge < -0.3 is 13.9 Å². The van der Waals surface area contributed by atoms with E-state index < -0.39 is 23.3 Å². The van der Waals surface area contributed by atoms with Gasteiger partial charge in [-0.25, -0.2) is 8.42 Å². The van der Waals surface area contributed by atoms with E-state index in [1.807, 2.05) is 0 Å². The van der Waals surface area contributed by atoms with Gasteiger partial charge in [0.15, 0.2) is 5.04 Å². The number of benzene rings is 1. The van der Waals surface area contributed by atoms with Crippen LogP contribution in [0.4, 0.5) is 0 Å². The molecule has 0 spiro atoms. The summed E-state index contributed by atoms with van der Waals surface area (Å²) in [7, 11) is -7.34. The zero-order valence-electron chi connectivity index (χ0n) is 12.3. The van der Waals surface area contributed by atoms with Crippen molar-refractivity contribution in [3.8, 4) is 0 Å². The first kappa shape index (κ1) is 17.1. The third-order valence-corrected chi connectivity index (χ3v) is 6.93. The summed E-state index contributed by atoms with van der Waals surface area (Å²) in [6, 6.07) is 7.89. The van der Waals surface area contributed by atoms with Gasteiger partial charge in [-0.05, 0) is 26.0 Å². The molecule has 0 saturated heterocycles. The summed E-state index contributed by atoms with van der Waals surface area (Å²) in [6.07, 6.45) is -0.144. The van der Waals surface area contributed by atoms with Gasteiger partial charge in [-0.15, -0.1) is 0 Å². The molecular weight excluding hydrogens is 329 g/mol. The first-order valence-corrected chi connectivity index (χ1v) is 9.95. The third-order valence-electron chi connectivity index (χ3n) is 2.96. The van der Waals surface area contributed by atoms with Crippen LogP contribution in [0.2, 0.25) is 0 Å². The van der Waals surface area contributed by atoms with E-state index in [2.05, 4.69) is 5.16 Å². The summed E-state index contributed by atoms with van der Waals surface area (Å²) >= 11 is 0. The van der Waals surface area contributed by atoms with E-state index in [-0.39, 0.29) is 29.6 Å². The van der Waals surface area contributed by atoms with E-state index in [4.69, 9.17) is 13.9 Å². The molecule has 0 fully saturated rings. The van der Waals surface area contributed by atoms with Crippen molar-refractivity contribution in [1.29, 1.82) is 0 Å². The Bertz CT molecular complexity index is 678. The van der Waals surface area contributed by atoms with Gasteiger partial charge in [-0.2, -0.15) is 0 Å². The Hall–Kier alpha value is -1.21. The minimum absolute atomic E-state index is 0.112. The van der Waals surface area contributed by atoms with E-state index in [0.717, 1.165) is 0 Å². The first-order chi connectivity index (χ1) is 10.4. The second-order valence-corrected chi connectivity index (χ2v) is 8.56. The molecule has 7 nitrogen and oxygen atoms in total. The van der Waals surface area contributed by atoms with Crippen molar-refractivity contribution in [2.75, 3.05) is 13.2 Å². The number of hydrogen-bond donors (Lipinski definition) is 0. The zero-order valence-corrected chi connectivity index (χ0v) is 14.0. The second-order valence-electron chi connectivity index (χ2n) is 4.44. The molecule has 2 rings (SSSR count). The Balaban J connectivity index is 2.20. The quantitative estimate of drug-likeness (QED) is 0.735. The minimum Gasteiger partial charge on any atom is -0.378 e. The van der Waals surface area contributed by atoms with Crippen LogP contribution in [0.25, 0.3) is 0 Å². The lowest BCUT2D eigenvalue weighted by Crippen LogP contribution is -2.18. The van der Waals surface area contributed by atoms with Gasteiger partial charge in [0.05, 0.1) is 24.5 Å². The number of rotatable bonds is 6. The van der Waals surface area contributed by atoms with E-state index >= 15 is 0 Å². The molecule has 1 heterocycles. The van der Waals surface area contributed by atoms with Crippen LogP contribution in [0.1, 0.15) is 20.3 Å². The topological polar surface area (TPSA) is 91.3 Å². The highest BCUT2D eigenvalue weighted by Gasteiger charge is 2.45. The lowest BCUT2D eigenvalue weighted by atomic mass is 10.4. The summed E-state index contributed by atoms with van der Waals surface area (Å²) in [5.41, 5.74) is 0. The van der Waals surface area contributed by atoms with E-state index in [0.29, 0.717) is 0 Å². The van der Waals surface area contributed by atoms with Gasteiger partial charge in [0.1, 0.15) is 0 Å². The summed E-state index contributed by atoms with van der Waals surface area (Å²) in [4.78, 5) is 5.15. The molecule has 0 N–H and O–H groups in total. The van der Waals surface area contributed by atoms with Crippen LogP contribution in [0.15, 0.2) is 40.4 Å². The maximum atomic E-state index is 12.6. The monoisotopic (exact) mass is 347 g/mol. The normalized spacial score (nSPS) is 18.8. The SMILES string of the molecule is CCOP(=O)(OCC)[C@@H]1CC(S(=O)(=O)c2ccccc2)=NO1. The van der Waals surface area contributed by atoms with Crippen molar-refractivity contribution in [2.24, 2.45) is 5.16 Å². The van der Waals surface area contributed by atoms with Crippen molar-refractivity contribution < 1.29 is 26.9 Å². The average molecular weight is 347 g/mol. The lowest BCUT2D eigenvalue weighted by molar-refractivity contribution is 0.0959. The van der Waals surface area contributed by atoms with Crippen LogP contribution in [0.5, 0.6) is 0 Å². The predicted octanol–water partition coefficient (Wildman–Crippen LogP) is 2.79. The second kappa shape index (κ2) is 6.91. The minimum atomic E-state index is -3.77. The highest BCUT2D eigenvalue weighted by atomic mass is 32.2. The van der Waals surface area contributed by atoms with Gasteiger partial charge in [0.25, 0.3) is 0 Å². The largest absolute Gasteiger partial charge is 0.378 e. The number of nitrogens with zero attached hydrogens (tertiary/aromatic N) is 1. The number of sulfone groups is 1. The van der Waals surface area contributed by atoms with E-state index in [1.54, 1.807) is 32.0 Å². The molecular formula is C13H18NO6PS. The summed E-state index contributed by atoms with van der Waals surface area (Å²) in [5.74, 6) is -1.04. The maximum absolute atomic E-state index is 12.6. The highest BCUT2D eigenvalue weighted by molar-refractivity contribution is 8.06. The molecule has 1 aromatic rings. The fraction of sp³-hybridized carbons (Fsp3) is 0.462. The van der Waals surface area contributed by atoms with Crippen molar-refractivity contribution in [2.45, 2.75) is 31.0 Å². The van der Waals surface area contributed by atoms with Crippen LogP contribution >= 0.6 is 7.60 Å². The Kier molecular flexibility index (Phi) is 5.39. The zero-order chi connectivity index (χ0) is 16.2. The molecule has 0 saturated carbocycles. The molecule has 22 heavy (non-hydrogen) atoms. The van der Waals surface area contributed by atoms with E-state index in [1.165, 1.54) is 12.1 Å². The fourth-order valence-corrected chi connectivity index (χ4v) is 5.08. The highest BCUT2D eigenvalue weighted by Crippen LogP contribution is 2.56. The average Bonchev–Trinajstić information content (AvgIpc) is 3.00. The van der Waals surface area contributed by atoms with Gasteiger partial charge in [0, 0.05) is 0 Å². The molecule has 0 radical (unpaired) electrons. The number of oxime groups is 1. The van der Waals surface area contributed by atoms with Crippen LogP contribution in [-0.4, -0.2) is 32.5 Å². The molecule has 0 bridgehead atoms. The molecule has 0 aliphatic carbocycles. The lowest BCUT2D eigenvalue weighted by Gasteiger charge is -2.20. The summed E-state index contributed by atoms with van der Waals surface area (Å²) in [6.45, 7) is 3.67. The molecule has 0 aromatic heterocycles. The molecule has 9 heteroatoms. The Morgan fingerprint density at radius 3 is 2.36 bits per heavy atom. The molecule has 1 aliphatic heterocycles. The fourth-order valence-electron chi connectivity index (χ4n) is 1.97. The number of hydrogen-bond acceptors (Lipinski definition) is 7. The van der Waals surface area contributed by atoms with Gasteiger partial charge >= 0.3 is 7.60 Å². The Labute approximate surface area is 129 Å².